The average Bonchev–Trinajstić information content (AvgIpc) is 3.40. The van der Waals surface area contributed by atoms with Gasteiger partial charge in [-0.05, 0) is 53.7 Å². The second kappa shape index (κ2) is 7.97. The van der Waals surface area contributed by atoms with Crippen LogP contribution in [0.5, 0.6) is 0 Å². The quantitative estimate of drug-likeness (QED) is 0.502. The van der Waals surface area contributed by atoms with E-state index in [1.54, 1.807) is 24.3 Å². The molecule has 28 heavy (non-hydrogen) atoms. The fraction of sp³-hybridized carbons (Fsp3) is 0.105. The van der Waals surface area contributed by atoms with Crippen LogP contribution >= 0.6 is 11.3 Å². The van der Waals surface area contributed by atoms with Crippen molar-refractivity contribution >= 4 is 28.1 Å². The number of hydrogen-bond donors (Lipinski definition) is 1. The number of esters is 1. The molecule has 140 valence electrons. The number of carbonyl (C=O) groups is 1. The predicted octanol–water partition coefficient (Wildman–Crippen LogP) is 3.53. The van der Waals surface area contributed by atoms with Crippen LogP contribution in [0.2, 0.25) is 0 Å². The van der Waals surface area contributed by atoms with Gasteiger partial charge in [-0.15, -0.1) is 16.4 Å². The fourth-order valence-corrected chi connectivity index (χ4v) is 3.16. The molecule has 9 heteroatoms. The molecule has 0 fully saturated rings. The van der Waals surface area contributed by atoms with Gasteiger partial charge in [-0.3, -0.25) is 0 Å². The van der Waals surface area contributed by atoms with Crippen molar-refractivity contribution in [2.24, 2.45) is 0 Å². The Morgan fingerprint density at radius 2 is 1.93 bits per heavy atom. The SMILES string of the molecule is Cc1ccc(Nc2nc(COC(=O)c3ccc(-n4cnnn4)cc3)cs2)cc1. The maximum Gasteiger partial charge on any atom is 0.338 e. The zero-order valence-electron chi connectivity index (χ0n) is 14.9. The summed E-state index contributed by atoms with van der Waals surface area (Å²) in [6.07, 6.45) is 1.48. The third-order valence-corrected chi connectivity index (χ3v) is 4.73. The number of anilines is 2. The van der Waals surface area contributed by atoms with Gasteiger partial charge in [0.2, 0.25) is 0 Å². The number of hydrogen-bond acceptors (Lipinski definition) is 8. The molecule has 2 aromatic carbocycles. The Bertz CT molecular complexity index is 1060. The summed E-state index contributed by atoms with van der Waals surface area (Å²) in [4.78, 5) is 16.7. The first-order valence-corrected chi connectivity index (χ1v) is 9.34. The van der Waals surface area contributed by atoms with Crippen LogP contribution < -0.4 is 5.32 Å². The second-order valence-electron chi connectivity index (χ2n) is 6.01. The summed E-state index contributed by atoms with van der Waals surface area (Å²) < 4.78 is 6.86. The lowest BCUT2D eigenvalue weighted by atomic mass is 10.2. The molecule has 0 bridgehead atoms. The Morgan fingerprint density at radius 1 is 1.14 bits per heavy atom. The highest BCUT2D eigenvalue weighted by atomic mass is 32.1. The maximum atomic E-state index is 12.2. The molecule has 0 radical (unpaired) electrons. The molecule has 8 nitrogen and oxygen atoms in total. The Labute approximate surface area is 164 Å². The highest BCUT2D eigenvalue weighted by Gasteiger charge is 2.10. The zero-order chi connectivity index (χ0) is 19.3. The van der Waals surface area contributed by atoms with E-state index in [1.807, 2.05) is 36.6 Å². The summed E-state index contributed by atoms with van der Waals surface area (Å²) in [5, 5.41) is 16.8. The van der Waals surface area contributed by atoms with Crippen LogP contribution in [0.4, 0.5) is 10.8 Å². The standard InChI is InChI=1S/C19H16N6O2S/c1-13-2-6-15(7-3-13)21-19-22-16(11-28-19)10-27-18(26)14-4-8-17(9-5-14)25-12-20-23-24-25/h2-9,11-12H,10H2,1H3,(H,21,22). The van der Waals surface area contributed by atoms with Crippen molar-refractivity contribution in [3.05, 3.63) is 77.1 Å². The van der Waals surface area contributed by atoms with Gasteiger partial charge in [-0.25, -0.2) is 14.5 Å². The summed E-state index contributed by atoms with van der Waals surface area (Å²) in [6, 6.07) is 14.9. The molecule has 0 spiro atoms. The van der Waals surface area contributed by atoms with Crippen molar-refractivity contribution in [3.63, 3.8) is 0 Å². The van der Waals surface area contributed by atoms with Gasteiger partial charge in [0.05, 0.1) is 16.9 Å². The van der Waals surface area contributed by atoms with E-state index >= 15 is 0 Å². The number of ether oxygens (including phenoxy) is 1. The number of thiazole rings is 1. The van der Waals surface area contributed by atoms with Crippen molar-refractivity contribution < 1.29 is 9.53 Å². The van der Waals surface area contributed by atoms with Crippen LogP contribution in [0.3, 0.4) is 0 Å². The lowest BCUT2D eigenvalue weighted by Crippen LogP contribution is -2.06. The second-order valence-corrected chi connectivity index (χ2v) is 6.87. The van der Waals surface area contributed by atoms with E-state index in [9.17, 15) is 4.79 Å². The summed E-state index contributed by atoms with van der Waals surface area (Å²) in [5.74, 6) is -0.413. The van der Waals surface area contributed by atoms with E-state index in [2.05, 4.69) is 25.8 Å². The molecule has 0 aliphatic carbocycles. The number of nitrogens with one attached hydrogen (secondary N) is 1. The lowest BCUT2D eigenvalue weighted by Gasteiger charge is -2.04. The number of carbonyl (C=O) groups excluding carboxylic acids is 1. The van der Waals surface area contributed by atoms with Gasteiger partial charge in [-0.1, -0.05) is 17.7 Å². The van der Waals surface area contributed by atoms with Gasteiger partial charge >= 0.3 is 5.97 Å². The highest BCUT2D eigenvalue weighted by molar-refractivity contribution is 7.13. The van der Waals surface area contributed by atoms with Gasteiger partial charge in [0.15, 0.2) is 5.13 Å². The van der Waals surface area contributed by atoms with Crippen molar-refractivity contribution in [1.29, 1.82) is 0 Å². The van der Waals surface area contributed by atoms with Crippen LogP contribution in [-0.4, -0.2) is 31.2 Å². The Morgan fingerprint density at radius 3 is 2.64 bits per heavy atom. The van der Waals surface area contributed by atoms with Crippen molar-refractivity contribution in [3.8, 4) is 5.69 Å². The number of nitrogens with zero attached hydrogens (tertiary/aromatic N) is 5. The number of aromatic nitrogens is 5. The first-order chi connectivity index (χ1) is 13.7. The van der Waals surface area contributed by atoms with Crippen LogP contribution in [-0.2, 0) is 11.3 Å². The van der Waals surface area contributed by atoms with Gasteiger partial charge in [-0.2, -0.15) is 0 Å². The molecule has 0 saturated heterocycles. The summed E-state index contributed by atoms with van der Waals surface area (Å²) >= 11 is 1.46. The van der Waals surface area contributed by atoms with Gasteiger partial charge in [0.1, 0.15) is 12.9 Å². The molecule has 0 saturated carbocycles. The van der Waals surface area contributed by atoms with Gasteiger partial charge < -0.3 is 10.1 Å². The zero-order valence-corrected chi connectivity index (χ0v) is 15.8. The Balaban J connectivity index is 1.33. The third-order valence-electron chi connectivity index (χ3n) is 3.92. The normalized spacial score (nSPS) is 10.6. The number of benzene rings is 2. The monoisotopic (exact) mass is 392 g/mol. The summed E-state index contributed by atoms with van der Waals surface area (Å²) in [7, 11) is 0. The number of tetrazole rings is 1. The molecule has 0 atom stereocenters. The fourth-order valence-electron chi connectivity index (χ4n) is 2.44. The highest BCUT2D eigenvalue weighted by Crippen LogP contribution is 2.22. The van der Waals surface area contributed by atoms with E-state index in [-0.39, 0.29) is 6.61 Å². The Hall–Kier alpha value is -3.59. The molecule has 2 aromatic heterocycles. The average molecular weight is 392 g/mol. The minimum atomic E-state index is -0.413. The van der Waals surface area contributed by atoms with E-state index in [0.717, 1.165) is 16.5 Å². The molecule has 0 aliphatic rings. The summed E-state index contributed by atoms with van der Waals surface area (Å²) in [5.41, 5.74) is 4.06. The molecule has 1 N–H and O–H groups in total. The van der Waals surface area contributed by atoms with Crippen LogP contribution in [0.15, 0.2) is 60.2 Å². The predicted molar refractivity (Wildman–Crippen MR) is 105 cm³/mol. The largest absolute Gasteiger partial charge is 0.456 e. The first kappa shape index (κ1) is 17.8. The minimum Gasteiger partial charge on any atom is -0.456 e. The number of rotatable bonds is 6. The van der Waals surface area contributed by atoms with E-state index in [4.69, 9.17) is 4.74 Å². The molecular weight excluding hydrogens is 376 g/mol. The van der Waals surface area contributed by atoms with Crippen LogP contribution in [0, 0.1) is 6.92 Å². The van der Waals surface area contributed by atoms with Crippen LogP contribution in [0.25, 0.3) is 5.69 Å². The van der Waals surface area contributed by atoms with Crippen LogP contribution in [0.1, 0.15) is 21.6 Å². The molecule has 2 heterocycles. The molecule has 0 amide bonds. The first-order valence-electron chi connectivity index (χ1n) is 8.46. The molecule has 4 aromatic rings. The topological polar surface area (TPSA) is 94.8 Å². The lowest BCUT2D eigenvalue weighted by molar-refractivity contribution is 0.0468. The van der Waals surface area contributed by atoms with E-state index in [0.29, 0.717) is 11.3 Å². The van der Waals surface area contributed by atoms with E-state index in [1.165, 1.54) is 27.9 Å². The molecule has 0 aliphatic heterocycles. The molecule has 4 rings (SSSR count). The van der Waals surface area contributed by atoms with Gasteiger partial charge in [0, 0.05) is 11.1 Å². The maximum absolute atomic E-state index is 12.2. The van der Waals surface area contributed by atoms with Crippen molar-refractivity contribution in [2.45, 2.75) is 13.5 Å². The van der Waals surface area contributed by atoms with Crippen molar-refractivity contribution in [2.75, 3.05) is 5.32 Å². The number of aryl methyl sites for hydroxylation is 1. The minimum absolute atomic E-state index is 0.111. The molecular formula is C19H16N6O2S. The third kappa shape index (κ3) is 4.21. The smallest absolute Gasteiger partial charge is 0.338 e. The molecule has 0 unspecified atom stereocenters. The van der Waals surface area contributed by atoms with Crippen molar-refractivity contribution in [1.82, 2.24) is 25.2 Å². The van der Waals surface area contributed by atoms with E-state index < -0.39 is 5.97 Å². The van der Waals surface area contributed by atoms with Gasteiger partial charge in [0.25, 0.3) is 0 Å². The Kier molecular flexibility index (Phi) is 5.07. The summed E-state index contributed by atoms with van der Waals surface area (Å²) in [6.45, 7) is 2.15.